The molecule has 0 radical (unpaired) electrons. The maximum atomic E-state index is 12.4. The molecule has 0 saturated heterocycles. The molecule has 2 aromatic heterocycles. The van der Waals surface area contributed by atoms with Crippen LogP contribution < -0.4 is 10.6 Å². The molecule has 4 aromatic rings. The summed E-state index contributed by atoms with van der Waals surface area (Å²) in [6, 6.07) is 13.3. The molecule has 2 N–H and O–H groups in total. The quantitative estimate of drug-likeness (QED) is 0.374. The van der Waals surface area contributed by atoms with Crippen molar-refractivity contribution in [3.63, 3.8) is 0 Å². The van der Waals surface area contributed by atoms with Crippen LogP contribution in [0.4, 0.5) is 16.2 Å². The van der Waals surface area contributed by atoms with Crippen molar-refractivity contribution < 1.29 is 14.3 Å². The fraction of sp³-hybridized carbons (Fsp3) is 0.0909. The third kappa shape index (κ3) is 4.66. The van der Waals surface area contributed by atoms with Crippen molar-refractivity contribution >= 4 is 52.2 Å². The van der Waals surface area contributed by atoms with Crippen molar-refractivity contribution in [2.75, 3.05) is 17.2 Å². The normalized spacial score (nSPS) is 10.7. The number of nitrogens with one attached hydrogen (secondary N) is 2. The number of aromatic nitrogens is 3. The van der Waals surface area contributed by atoms with E-state index in [-0.39, 0.29) is 12.2 Å². The van der Waals surface area contributed by atoms with Crippen LogP contribution in [0, 0.1) is 0 Å². The van der Waals surface area contributed by atoms with E-state index in [2.05, 4.69) is 20.7 Å². The zero-order chi connectivity index (χ0) is 22.7. The van der Waals surface area contributed by atoms with Crippen molar-refractivity contribution in [2.45, 2.75) is 6.92 Å². The van der Waals surface area contributed by atoms with Crippen LogP contribution in [0.1, 0.15) is 17.3 Å². The van der Waals surface area contributed by atoms with Crippen LogP contribution in [0.3, 0.4) is 0 Å². The predicted octanol–water partition coefficient (Wildman–Crippen LogP) is 5.52. The van der Waals surface area contributed by atoms with E-state index >= 15 is 0 Å². The van der Waals surface area contributed by atoms with Crippen molar-refractivity contribution in [3.05, 3.63) is 76.5 Å². The smallest absolute Gasteiger partial charge is 0.343 e. The van der Waals surface area contributed by atoms with E-state index in [0.29, 0.717) is 32.8 Å². The van der Waals surface area contributed by atoms with Gasteiger partial charge in [0, 0.05) is 33.2 Å². The number of rotatable bonds is 5. The Morgan fingerprint density at radius 2 is 1.78 bits per heavy atom. The molecule has 0 unspecified atom stereocenters. The molecule has 0 aliphatic rings. The van der Waals surface area contributed by atoms with Crippen LogP contribution in [0.5, 0.6) is 0 Å². The minimum absolute atomic E-state index is 0.257. The third-order valence-electron chi connectivity index (χ3n) is 4.43. The Bertz CT molecular complexity index is 1300. The van der Waals surface area contributed by atoms with Crippen LogP contribution in [0.2, 0.25) is 10.0 Å². The van der Waals surface area contributed by atoms with Crippen LogP contribution in [0.25, 0.3) is 16.9 Å². The highest BCUT2D eigenvalue weighted by Crippen LogP contribution is 2.25. The molecule has 4 rings (SSSR count). The molecule has 8 nitrogen and oxygen atoms in total. The number of anilines is 2. The average molecular weight is 470 g/mol. The number of halogens is 2. The Balaban J connectivity index is 1.58. The zero-order valence-corrected chi connectivity index (χ0v) is 18.3. The van der Waals surface area contributed by atoms with E-state index in [1.807, 2.05) is 6.07 Å². The molecule has 0 saturated carbocycles. The predicted molar refractivity (Wildman–Crippen MR) is 123 cm³/mol. The summed E-state index contributed by atoms with van der Waals surface area (Å²) in [5.74, 6) is -0.486. The van der Waals surface area contributed by atoms with E-state index in [9.17, 15) is 9.59 Å². The number of nitrogens with zero attached hydrogens (tertiary/aromatic N) is 3. The largest absolute Gasteiger partial charge is 0.462 e. The first kappa shape index (κ1) is 21.6. The highest BCUT2D eigenvalue weighted by atomic mass is 35.5. The lowest BCUT2D eigenvalue weighted by Gasteiger charge is -2.10. The van der Waals surface area contributed by atoms with Gasteiger partial charge in [-0.1, -0.05) is 35.3 Å². The first-order valence-corrected chi connectivity index (χ1v) is 10.3. The summed E-state index contributed by atoms with van der Waals surface area (Å²) in [4.78, 5) is 28.8. The number of urea groups is 1. The lowest BCUT2D eigenvalue weighted by molar-refractivity contribution is 0.0528. The van der Waals surface area contributed by atoms with Gasteiger partial charge in [-0.2, -0.15) is 5.10 Å². The number of carbonyl (C=O) groups excluding carboxylic acids is 2. The second-order valence-electron chi connectivity index (χ2n) is 6.66. The topological polar surface area (TPSA) is 97.6 Å². The molecule has 2 aromatic carbocycles. The molecule has 10 heteroatoms. The molecular formula is C22H17Cl2N5O3. The number of benzene rings is 2. The summed E-state index contributed by atoms with van der Waals surface area (Å²) >= 11 is 11.9. The number of amides is 2. The van der Waals surface area contributed by atoms with Gasteiger partial charge < -0.3 is 15.4 Å². The van der Waals surface area contributed by atoms with Gasteiger partial charge in [-0.3, -0.25) is 0 Å². The number of ether oxygens (including phenoxy) is 1. The lowest BCUT2D eigenvalue weighted by Crippen LogP contribution is -2.19. The summed E-state index contributed by atoms with van der Waals surface area (Å²) in [5.41, 5.74) is 3.14. The molecule has 162 valence electrons. The Hall–Kier alpha value is -3.62. The fourth-order valence-electron chi connectivity index (χ4n) is 3.14. The summed E-state index contributed by atoms with van der Waals surface area (Å²) in [5, 5.41) is 10.6. The van der Waals surface area contributed by atoms with E-state index in [0.717, 1.165) is 5.56 Å². The van der Waals surface area contributed by atoms with Crippen LogP contribution in [-0.2, 0) is 4.74 Å². The van der Waals surface area contributed by atoms with E-state index in [1.54, 1.807) is 60.1 Å². The first-order valence-electron chi connectivity index (χ1n) is 9.59. The number of fused-ring (bicyclic) bond motifs is 1. The molecule has 0 bridgehead atoms. The fourth-order valence-corrected chi connectivity index (χ4v) is 3.66. The summed E-state index contributed by atoms with van der Waals surface area (Å²) < 4.78 is 6.62. The molecular weight excluding hydrogens is 453 g/mol. The zero-order valence-electron chi connectivity index (χ0n) is 16.8. The lowest BCUT2D eigenvalue weighted by atomic mass is 10.1. The Labute approximate surface area is 193 Å². The van der Waals surface area contributed by atoms with E-state index < -0.39 is 12.0 Å². The highest BCUT2D eigenvalue weighted by molar-refractivity contribution is 6.35. The SMILES string of the molecule is CCOC(=O)c1cnn2c(-c3cccc(NC(=O)Nc4cc(Cl)cc(Cl)c4)c3)ccnc12. The molecule has 0 fully saturated rings. The van der Waals surface area contributed by atoms with Crippen molar-refractivity contribution in [1.29, 1.82) is 0 Å². The van der Waals surface area contributed by atoms with Crippen molar-refractivity contribution in [2.24, 2.45) is 0 Å². The molecule has 0 atom stereocenters. The first-order chi connectivity index (χ1) is 15.4. The van der Waals surface area contributed by atoms with Crippen LogP contribution in [0.15, 0.2) is 60.9 Å². The van der Waals surface area contributed by atoms with Gasteiger partial charge in [0.05, 0.1) is 18.5 Å². The van der Waals surface area contributed by atoms with Gasteiger partial charge in [0.1, 0.15) is 5.56 Å². The Morgan fingerprint density at radius 3 is 2.53 bits per heavy atom. The summed E-state index contributed by atoms with van der Waals surface area (Å²) in [6.45, 7) is 1.99. The molecule has 2 amide bonds. The molecule has 0 aliphatic carbocycles. The van der Waals surface area contributed by atoms with Gasteiger partial charge in [-0.05, 0) is 43.3 Å². The van der Waals surface area contributed by atoms with Gasteiger partial charge in [-0.15, -0.1) is 0 Å². The monoisotopic (exact) mass is 469 g/mol. The van der Waals surface area contributed by atoms with E-state index in [1.165, 1.54) is 6.20 Å². The highest BCUT2D eigenvalue weighted by Gasteiger charge is 2.17. The maximum Gasteiger partial charge on any atom is 0.343 e. The second-order valence-corrected chi connectivity index (χ2v) is 7.54. The molecule has 32 heavy (non-hydrogen) atoms. The number of hydrogen-bond donors (Lipinski definition) is 2. The Morgan fingerprint density at radius 1 is 1.03 bits per heavy atom. The summed E-state index contributed by atoms with van der Waals surface area (Å²) in [6.07, 6.45) is 3.01. The molecule has 0 aliphatic heterocycles. The maximum absolute atomic E-state index is 12.4. The molecule has 0 spiro atoms. The van der Waals surface area contributed by atoms with Gasteiger partial charge in [0.15, 0.2) is 5.65 Å². The van der Waals surface area contributed by atoms with Gasteiger partial charge in [0.2, 0.25) is 0 Å². The number of esters is 1. The van der Waals surface area contributed by atoms with Crippen molar-refractivity contribution in [3.8, 4) is 11.3 Å². The minimum Gasteiger partial charge on any atom is -0.462 e. The van der Waals surface area contributed by atoms with Gasteiger partial charge in [-0.25, -0.2) is 19.1 Å². The molecule has 2 heterocycles. The second kappa shape index (κ2) is 9.25. The standard InChI is InChI=1S/C22H17Cl2N5O3/c1-2-32-21(30)18-12-26-29-19(6-7-25-20(18)29)13-4-3-5-16(8-13)27-22(31)28-17-10-14(23)9-15(24)11-17/h3-12H,2H2,1H3,(H2,27,28,31). The summed E-state index contributed by atoms with van der Waals surface area (Å²) in [7, 11) is 0. The van der Waals surface area contributed by atoms with Crippen LogP contribution >= 0.6 is 23.2 Å². The number of hydrogen-bond acceptors (Lipinski definition) is 5. The van der Waals surface area contributed by atoms with Gasteiger partial charge >= 0.3 is 12.0 Å². The van der Waals surface area contributed by atoms with Crippen molar-refractivity contribution in [1.82, 2.24) is 14.6 Å². The third-order valence-corrected chi connectivity index (χ3v) is 4.87. The van der Waals surface area contributed by atoms with Gasteiger partial charge in [0.25, 0.3) is 0 Å². The van der Waals surface area contributed by atoms with Crippen LogP contribution in [-0.4, -0.2) is 33.2 Å². The minimum atomic E-state index is -0.486. The Kier molecular flexibility index (Phi) is 6.25. The average Bonchev–Trinajstić information content (AvgIpc) is 3.17. The van der Waals surface area contributed by atoms with E-state index in [4.69, 9.17) is 27.9 Å². The number of carbonyl (C=O) groups is 2.